The fraction of sp³-hybridized carbons (Fsp3) is 0.538. The maximum absolute atomic E-state index is 11.6. The average molecular weight is 235 g/mol. The van der Waals surface area contributed by atoms with Gasteiger partial charge < -0.3 is 10.6 Å². The summed E-state index contributed by atoms with van der Waals surface area (Å²) >= 11 is 0. The third kappa shape index (κ3) is 5.33. The first kappa shape index (κ1) is 13.5. The van der Waals surface area contributed by atoms with Crippen LogP contribution >= 0.6 is 0 Å². The number of pyridine rings is 1. The largest absolute Gasteiger partial charge is 0.373 e. The Morgan fingerprint density at radius 2 is 2.12 bits per heavy atom. The molecule has 0 aromatic carbocycles. The first-order chi connectivity index (χ1) is 8.26. The average Bonchev–Trinajstić information content (AvgIpc) is 2.36. The van der Waals surface area contributed by atoms with E-state index in [0.717, 1.165) is 24.3 Å². The monoisotopic (exact) mass is 235 g/mol. The van der Waals surface area contributed by atoms with Gasteiger partial charge in [0.1, 0.15) is 5.82 Å². The normalized spacial score (nSPS) is 10.0. The third-order valence-corrected chi connectivity index (χ3v) is 2.56. The Labute approximate surface area is 103 Å². The minimum atomic E-state index is 0.0695. The van der Waals surface area contributed by atoms with Crippen LogP contribution in [0.2, 0.25) is 0 Å². The summed E-state index contributed by atoms with van der Waals surface area (Å²) in [5, 5.41) is 5.77. The number of carbonyl (C=O) groups is 1. The lowest BCUT2D eigenvalue weighted by atomic mass is 10.1. The van der Waals surface area contributed by atoms with Crippen LogP contribution in [0, 0.1) is 0 Å². The Bertz CT molecular complexity index is 335. The summed E-state index contributed by atoms with van der Waals surface area (Å²) in [5.74, 6) is 0.867. The molecule has 1 aromatic rings. The van der Waals surface area contributed by atoms with E-state index in [1.807, 2.05) is 19.2 Å². The van der Waals surface area contributed by atoms with Gasteiger partial charge in [-0.15, -0.1) is 0 Å². The molecule has 0 atom stereocenters. The van der Waals surface area contributed by atoms with Gasteiger partial charge in [0.05, 0.1) is 11.9 Å². The summed E-state index contributed by atoms with van der Waals surface area (Å²) in [4.78, 5) is 15.7. The zero-order valence-corrected chi connectivity index (χ0v) is 10.6. The standard InChI is InChI=1S/C13H21N3O/c1-3-4-5-6-7-13(17)16-11-8-9-12(14-2)15-10-11/h8-10H,3-7H2,1-2H3,(H,14,15)(H,16,17). The van der Waals surface area contributed by atoms with Crippen molar-refractivity contribution in [1.29, 1.82) is 0 Å². The summed E-state index contributed by atoms with van der Waals surface area (Å²) in [6.45, 7) is 2.16. The van der Waals surface area contributed by atoms with E-state index in [0.29, 0.717) is 6.42 Å². The van der Waals surface area contributed by atoms with Crippen LogP contribution in [0.15, 0.2) is 18.3 Å². The molecule has 2 N–H and O–H groups in total. The van der Waals surface area contributed by atoms with Crippen molar-refractivity contribution in [2.45, 2.75) is 39.0 Å². The molecule has 0 aliphatic carbocycles. The van der Waals surface area contributed by atoms with Crippen molar-refractivity contribution in [2.24, 2.45) is 0 Å². The Balaban J connectivity index is 2.29. The van der Waals surface area contributed by atoms with Crippen LogP contribution in [-0.2, 0) is 4.79 Å². The van der Waals surface area contributed by atoms with Crippen molar-refractivity contribution in [3.63, 3.8) is 0 Å². The fourth-order valence-corrected chi connectivity index (χ4v) is 1.55. The number of rotatable bonds is 7. The second kappa shape index (κ2) is 7.65. The lowest BCUT2D eigenvalue weighted by molar-refractivity contribution is -0.116. The zero-order chi connectivity index (χ0) is 12.5. The minimum Gasteiger partial charge on any atom is -0.373 e. The van der Waals surface area contributed by atoms with Crippen LogP contribution in [0.3, 0.4) is 0 Å². The molecule has 17 heavy (non-hydrogen) atoms. The van der Waals surface area contributed by atoms with Crippen LogP contribution in [0.1, 0.15) is 39.0 Å². The fourth-order valence-electron chi connectivity index (χ4n) is 1.55. The number of hydrogen-bond acceptors (Lipinski definition) is 3. The van der Waals surface area contributed by atoms with Crippen molar-refractivity contribution in [3.8, 4) is 0 Å². The number of nitrogens with zero attached hydrogens (tertiary/aromatic N) is 1. The topological polar surface area (TPSA) is 54.0 Å². The second-order valence-corrected chi connectivity index (χ2v) is 4.04. The third-order valence-electron chi connectivity index (χ3n) is 2.56. The summed E-state index contributed by atoms with van der Waals surface area (Å²) < 4.78 is 0. The van der Waals surface area contributed by atoms with E-state index in [9.17, 15) is 4.79 Å². The van der Waals surface area contributed by atoms with E-state index in [-0.39, 0.29) is 5.91 Å². The Morgan fingerprint density at radius 1 is 1.29 bits per heavy atom. The molecule has 0 radical (unpaired) electrons. The van der Waals surface area contributed by atoms with Crippen LogP contribution in [0.4, 0.5) is 11.5 Å². The molecule has 1 rings (SSSR count). The van der Waals surface area contributed by atoms with E-state index in [1.165, 1.54) is 12.8 Å². The highest BCUT2D eigenvalue weighted by molar-refractivity contribution is 5.90. The molecule has 0 aliphatic rings. The SMILES string of the molecule is CCCCCCC(=O)Nc1ccc(NC)nc1. The summed E-state index contributed by atoms with van der Waals surface area (Å²) in [7, 11) is 1.81. The number of aromatic nitrogens is 1. The molecule has 4 nitrogen and oxygen atoms in total. The van der Waals surface area contributed by atoms with Crippen molar-refractivity contribution < 1.29 is 4.79 Å². The van der Waals surface area contributed by atoms with E-state index in [4.69, 9.17) is 0 Å². The van der Waals surface area contributed by atoms with E-state index >= 15 is 0 Å². The Kier molecular flexibility index (Phi) is 6.07. The number of carbonyl (C=O) groups excluding carboxylic acids is 1. The van der Waals surface area contributed by atoms with Gasteiger partial charge in [-0.3, -0.25) is 4.79 Å². The van der Waals surface area contributed by atoms with Gasteiger partial charge in [-0.25, -0.2) is 4.98 Å². The van der Waals surface area contributed by atoms with Crippen LogP contribution in [0.5, 0.6) is 0 Å². The van der Waals surface area contributed by atoms with Crippen molar-refractivity contribution in [2.75, 3.05) is 17.7 Å². The Morgan fingerprint density at radius 3 is 2.71 bits per heavy atom. The summed E-state index contributed by atoms with van der Waals surface area (Å²) in [6.07, 6.45) is 6.73. The number of amides is 1. The molecule has 0 aliphatic heterocycles. The first-order valence-electron chi connectivity index (χ1n) is 6.20. The molecule has 0 unspecified atom stereocenters. The maximum Gasteiger partial charge on any atom is 0.224 e. The van der Waals surface area contributed by atoms with Gasteiger partial charge in [0.2, 0.25) is 5.91 Å². The highest BCUT2D eigenvalue weighted by Crippen LogP contribution is 2.10. The molecule has 4 heteroatoms. The van der Waals surface area contributed by atoms with Gasteiger partial charge in [-0.05, 0) is 18.6 Å². The maximum atomic E-state index is 11.6. The molecular weight excluding hydrogens is 214 g/mol. The van der Waals surface area contributed by atoms with Crippen LogP contribution < -0.4 is 10.6 Å². The van der Waals surface area contributed by atoms with Gasteiger partial charge in [-0.1, -0.05) is 26.2 Å². The lowest BCUT2D eigenvalue weighted by Gasteiger charge is -2.05. The lowest BCUT2D eigenvalue weighted by Crippen LogP contribution is -2.11. The quantitative estimate of drug-likeness (QED) is 0.714. The molecule has 0 bridgehead atoms. The number of hydrogen-bond donors (Lipinski definition) is 2. The Hall–Kier alpha value is -1.58. The summed E-state index contributed by atoms with van der Waals surface area (Å²) in [5.41, 5.74) is 0.754. The first-order valence-corrected chi connectivity index (χ1v) is 6.20. The van der Waals surface area contributed by atoms with Crippen LogP contribution in [-0.4, -0.2) is 17.9 Å². The van der Waals surface area contributed by atoms with Gasteiger partial charge in [0, 0.05) is 13.5 Å². The molecule has 0 saturated carbocycles. The number of unbranched alkanes of at least 4 members (excludes halogenated alkanes) is 3. The van der Waals surface area contributed by atoms with Crippen LogP contribution in [0.25, 0.3) is 0 Å². The number of nitrogens with one attached hydrogen (secondary N) is 2. The highest BCUT2D eigenvalue weighted by atomic mass is 16.1. The molecule has 1 amide bonds. The van der Waals surface area contributed by atoms with E-state index in [2.05, 4.69) is 22.5 Å². The van der Waals surface area contributed by atoms with Gasteiger partial charge in [0.15, 0.2) is 0 Å². The summed E-state index contributed by atoms with van der Waals surface area (Å²) in [6, 6.07) is 3.69. The zero-order valence-electron chi connectivity index (χ0n) is 10.6. The van der Waals surface area contributed by atoms with Crippen molar-refractivity contribution in [1.82, 2.24) is 4.98 Å². The van der Waals surface area contributed by atoms with E-state index < -0.39 is 0 Å². The second-order valence-electron chi connectivity index (χ2n) is 4.04. The molecule has 0 saturated heterocycles. The number of anilines is 2. The van der Waals surface area contributed by atoms with Crippen molar-refractivity contribution in [3.05, 3.63) is 18.3 Å². The predicted octanol–water partition coefficient (Wildman–Crippen LogP) is 3.03. The van der Waals surface area contributed by atoms with Crippen molar-refractivity contribution >= 4 is 17.4 Å². The molecule has 0 fully saturated rings. The highest BCUT2D eigenvalue weighted by Gasteiger charge is 2.02. The molecule has 94 valence electrons. The molecule has 1 heterocycles. The van der Waals surface area contributed by atoms with Gasteiger partial charge in [0.25, 0.3) is 0 Å². The van der Waals surface area contributed by atoms with Gasteiger partial charge >= 0.3 is 0 Å². The smallest absolute Gasteiger partial charge is 0.224 e. The molecular formula is C13H21N3O. The molecule has 0 spiro atoms. The minimum absolute atomic E-state index is 0.0695. The van der Waals surface area contributed by atoms with E-state index in [1.54, 1.807) is 6.20 Å². The molecule has 1 aromatic heterocycles. The predicted molar refractivity (Wildman–Crippen MR) is 71.2 cm³/mol. The van der Waals surface area contributed by atoms with Gasteiger partial charge in [-0.2, -0.15) is 0 Å².